The lowest BCUT2D eigenvalue weighted by molar-refractivity contribution is 0.409. The second-order valence-corrected chi connectivity index (χ2v) is 7.65. The van der Waals surface area contributed by atoms with Crippen molar-refractivity contribution in [1.29, 1.82) is 0 Å². The van der Waals surface area contributed by atoms with E-state index in [0.717, 1.165) is 5.69 Å². The second kappa shape index (κ2) is 7.00. The highest BCUT2D eigenvalue weighted by atomic mass is 32.2. The molecule has 1 aromatic heterocycles. The fourth-order valence-corrected chi connectivity index (χ4v) is 3.81. The minimum absolute atomic E-state index is 0.149. The van der Waals surface area contributed by atoms with Crippen molar-refractivity contribution in [3.63, 3.8) is 0 Å². The standard InChI is InChI=1S/C17H21NO4S/c1-12-9-15(21-3)10-14(18-12)11-23(19,20)13(2)16-7-5-6-8-17(16)22-4/h5-10,13H,11H2,1-4H3. The van der Waals surface area contributed by atoms with Crippen LogP contribution in [0.5, 0.6) is 11.5 Å². The van der Waals surface area contributed by atoms with Crippen LogP contribution in [-0.4, -0.2) is 27.6 Å². The molecule has 0 saturated heterocycles. The zero-order valence-electron chi connectivity index (χ0n) is 13.7. The Labute approximate surface area is 137 Å². The Hall–Kier alpha value is -2.08. The van der Waals surface area contributed by atoms with Crippen LogP contribution in [0, 0.1) is 6.92 Å². The Morgan fingerprint density at radius 1 is 1.13 bits per heavy atom. The lowest BCUT2D eigenvalue weighted by Gasteiger charge is -2.16. The van der Waals surface area contributed by atoms with Crippen molar-refractivity contribution >= 4 is 9.84 Å². The Kier molecular flexibility index (Phi) is 5.26. The van der Waals surface area contributed by atoms with E-state index >= 15 is 0 Å². The average Bonchev–Trinajstić information content (AvgIpc) is 2.52. The number of hydrogen-bond donors (Lipinski definition) is 0. The largest absolute Gasteiger partial charge is 0.497 e. The van der Waals surface area contributed by atoms with Crippen LogP contribution in [0.25, 0.3) is 0 Å². The van der Waals surface area contributed by atoms with Crippen LogP contribution in [0.2, 0.25) is 0 Å². The molecule has 0 aliphatic carbocycles. The highest BCUT2D eigenvalue weighted by Crippen LogP contribution is 2.32. The third kappa shape index (κ3) is 4.01. The predicted octanol–water partition coefficient (Wildman–Crippen LogP) is 3.08. The quantitative estimate of drug-likeness (QED) is 0.811. The normalized spacial score (nSPS) is 12.7. The molecule has 1 unspecified atom stereocenters. The van der Waals surface area contributed by atoms with E-state index in [0.29, 0.717) is 22.8 Å². The first-order valence-corrected chi connectivity index (χ1v) is 8.95. The van der Waals surface area contributed by atoms with Gasteiger partial charge in [-0.3, -0.25) is 4.98 Å². The van der Waals surface area contributed by atoms with Gasteiger partial charge in [-0.2, -0.15) is 0 Å². The van der Waals surface area contributed by atoms with Crippen LogP contribution in [0.4, 0.5) is 0 Å². The molecule has 0 fully saturated rings. The molecule has 1 aromatic carbocycles. The number of benzene rings is 1. The Balaban J connectivity index is 2.33. The Morgan fingerprint density at radius 3 is 2.48 bits per heavy atom. The van der Waals surface area contributed by atoms with Gasteiger partial charge in [-0.1, -0.05) is 18.2 Å². The number of aryl methyl sites for hydroxylation is 1. The van der Waals surface area contributed by atoms with Gasteiger partial charge < -0.3 is 9.47 Å². The Morgan fingerprint density at radius 2 is 1.83 bits per heavy atom. The van der Waals surface area contributed by atoms with E-state index in [9.17, 15) is 8.42 Å². The number of sulfone groups is 1. The summed E-state index contributed by atoms with van der Waals surface area (Å²) < 4.78 is 35.9. The first-order valence-electron chi connectivity index (χ1n) is 7.23. The number of nitrogens with zero attached hydrogens (tertiary/aromatic N) is 1. The van der Waals surface area contributed by atoms with Crippen molar-refractivity contribution in [3.8, 4) is 11.5 Å². The maximum Gasteiger partial charge on any atom is 0.162 e. The molecule has 2 aromatic rings. The molecule has 2 rings (SSSR count). The lowest BCUT2D eigenvalue weighted by atomic mass is 10.1. The van der Waals surface area contributed by atoms with Gasteiger partial charge in [-0.25, -0.2) is 8.42 Å². The molecule has 0 spiro atoms. The van der Waals surface area contributed by atoms with Crippen LogP contribution >= 0.6 is 0 Å². The molecule has 0 aliphatic rings. The summed E-state index contributed by atoms with van der Waals surface area (Å²) in [6.07, 6.45) is 0. The lowest BCUT2D eigenvalue weighted by Crippen LogP contribution is -2.14. The summed E-state index contributed by atoms with van der Waals surface area (Å²) in [5, 5.41) is -0.688. The number of hydrogen-bond acceptors (Lipinski definition) is 5. The smallest absolute Gasteiger partial charge is 0.162 e. The number of aromatic nitrogens is 1. The zero-order valence-corrected chi connectivity index (χ0v) is 14.6. The van der Waals surface area contributed by atoms with E-state index in [2.05, 4.69) is 4.98 Å². The van der Waals surface area contributed by atoms with E-state index < -0.39 is 15.1 Å². The van der Waals surface area contributed by atoms with E-state index in [1.54, 1.807) is 44.4 Å². The molecule has 0 bridgehead atoms. The van der Waals surface area contributed by atoms with Gasteiger partial charge in [0.05, 0.1) is 30.9 Å². The minimum atomic E-state index is -3.44. The maximum absolute atomic E-state index is 12.7. The number of pyridine rings is 1. The fourth-order valence-electron chi connectivity index (χ4n) is 2.42. The molecule has 0 aliphatic heterocycles. The summed E-state index contributed by atoms with van der Waals surface area (Å²) in [6.45, 7) is 3.47. The molecule has 1 heterocycles. The summed E-state index contributed by atoms with van der Waals surface area (Å²) in [6, 6.07) is 10.6. The van der Waals surface area contributed by atoms with E-state index in [4.69, 9.17) is 9.47 Å². The third-order valence-electron chi connectivity index (χ3n) is 3.68. The molecule has 124 valence electrons. The van der Waals surface area contributed by atoms with Gasteiger partial charge in [-0.05, 0) is 19.9 Å². The molecule has 0 saturated carbocycles. The summed E-state index contributed by atoms with van der Waals surface area (Å²) >= 11 is 0. The van der Waals surface area contributed by atoms with E-state index in [1.807, 2.05) is 13.0 Å². The highest BCUT2D eigenvalue weighted by Gasteiger charge is 2.26. The molecule has 0 N–H and O–H groups in total. The average molecular weight is 335 g/mol. The van der Waals surface area contributed by atoms with Crippen LogP contribution in [0.1, 0.15) is 29.1 Å². The van der Waals surface area contributed by atoms with E-state index in [-0.39, 0.29) is 5.75 Å². The second-order valence-electron chi connectivity index (χ2n) is 5.33. The molecule has 0 radical (unpaired) electrons. The van der Waals surface area contributed by atoms with Gasteiger partial charge in [0, 0.05) is 23.4 Å². The molecule has 0 amide bonds. The monoisotopic (exact) mass is 335 g/mol. The molecular formula is C17H21NO4S. The summed E-state index contributed by atoms with van der Waals surface area (Å²) in [5.41, 5.74) is 1.85. The third-order valence-corrected chi connectivity index (χ3v) is 5.71. The van der Waals surface area contributed by atoms with Gasteiger partial charge in [0.25, 0.3) is 0 Å². The van der Waals surface area contributed by atoms with Gasteiger partial charge in [0.15, 0.2) is 9.84 Å². The summed E-state index contributed by atoms with van der Waals surface area (Å²) in [7, 11) is -0.360. The number of methoxy groups -OCH3 is 2. The number of ether oxygens (including phenoxy) is 2. The van der Waals surface area contributed by atoms with Crippen LogP contribution < -0.4 is 9.47 Å². The Bertz CT molecular complexity index is 787. The summed E-state index contributed by atoms with van der Waals surface area (Å²) in [4.78, 5) is 4.30. The van der Waals surface area contributed by atoms with Crippen molar-refractivity contribution in [2.45, 2.75) is 24.9 Å². The summed E-state index contributed by atoms with van der Waals surface area (Å²) in [5.74, 6) is 1.02. The van der Waals surface area contributed by atoms with Gasteiger partial charge in [0.1, 0.15) is 11.5 Å². The zero-order chi connectivity index (χ0) is 17.0. The fraction of sp³-hybridized carbons (Fsp3) is 0.353. The molecule has 6 heteroatoms. The van der Waals surface area contributed by atoms with Crippen LogP contribution in [0.3, 0.4) is 0 Å². The number of para-hydroxylation sites is 1. The van der Waals surface area contributed by atoms with Crippen molar-refractivity contribution in [1.82, 2.24) is 4.98 Å². The van der Waals surface area contributed by atoms with Gasteiger partial charge in [0.2, 0.25) is 0 Å². The minimum Gasteiger partial charge on any atom is -0.497 e. The molecule has 5 nitrogen and oxygen atoms in total. The van der Waals surface area contributed by atoms with Crippen molar-refractivity contribution < 1.29 is 17.9 Å². The van der Waals surface area contributed by atoms with Crippen LogP contribution in [0.15, 0.2) is 36.4 Å². The SMILES string of the molecule is COc1cc(C)nc(CS(=O)(=O)C(C)c2ccccc2OC)c1. The molecular weight excluding hydrogens is 314 g/mol. The molecule has 1 atom stereocenters. The first kappa shape index (κ1) is 17.3. The van der Waals surface area contributed by atoms with Crippen LogP contribution in [-0.2, 0) is 15.6 Å². The maximum atomic E-state index is 12.7. The van der Waals surface area contributed by atoms with Crippen molar-refractivity contribution in [3.05, 3.63) is 53.3 Å². The van der Waals surface area contributed by atoms with Crippen molar-refractivity contribution in [2.75, 3.05) is 14.2 Å². The van der Waals surface area contributed by atoms with E-state index in [1.165, 1.54) is 7.11 Å². The molecule has 23 heavy (non-hydrogen) atoms. The predicted molar refractivity (Wildman–Crippen MR) is 89.6 cm³/mol. The van der Waals surface area contributed by atoms with Crippen molar-refractivity contribution in [2.24, 2.45) is 0 Å². The first-order chi connectivity index (χ1) is 10.9. The number of rotatable bonds is 6. The highest BCUT2D eigenvalue weighted by molar-refractivity contribution is 7.90. The topological polar surface area (TPSA) is 65.5 Å². The van der Waals surface area contributed by atoms with Gasteiger partial charge in [-0.15, -0.1) is 0 Å². The van der Waals surface area contributed by atoms with Gasteiger partial charge >= 0.3 is 0 Å².